The quantitative estimate of drug-likeness (QED) is 0.692. The Morgan fingerprint density at radius 2 is 1.94 bits per heavy atom. The van der Waals surface area contributed by atoms with Crippen LogP contribution in [0.3, 0.4) is 0 Å². The topological polar surface area (TPSA) is 93.0 Å². The molecule has 2 aliphatic heterocycles. The summed E-state index contributed by atoms with van der Waals surface area (Å²) in [6.45, 7) is -0.0294. The smallest absolute Gasteiger partial charge is 0.275 e. The lowest BCUT2D eigenvalue weighted by molar-refractivity contribution is -0.127. The maximum atomic E-state index is 14.5. The first kappa shape index (κ1) is 19.3. The number of likely N-dealkylation sites (N-methyl/N-ethyl adjacent to an activating group) is 1. The first-order valence-corrected chi connectivity index (χ1v) is 9.76. The van der Waals surface area contributed by atoms with Crippen LogP contribution in [0.5, 0.6) is 0 Å². The van der Waals surface area contributed by atoms with Crippen LogP contribution in [0.4, 0.5) is 14.6 Å². The van der Waals surface area contributed by atoms with Crippen LogP contribution in [0.15, 0.2) is 42.9 Å². The number of hydrogen-bond donors (Lipinski definition) is 1. The molecule has 6 rings (SSSR count). The second-order valence-electron chi connectivity index (χ2n) is 7.89. The molecular weight excluding hydrogens is 406 g/mol. The number of nitrogens with one attached hydrogen (secondary N) is 1. The molecule has 2 amide bonds. The Morgan fingerprint density at radius 3 is 2.71 bits per heavy atom. The minimum atomic E-state index is -1.17. The third kappa shape index (κ3) is 3.06. The fourth-order valence-electron chi connectivity index (χ4n) is 4.32. The van der Waals surface area contributed by atoms with Crippen LogP contribution >= 0.6 is 0 Å². The number of aromatic nitrogens is 4. The molecule has 8 nitrogen and oxygen atoms in total. The molecule has 1 N–H and O–H groups in total. The molecule has 1 aromatic carbocycles. The van der Waals surface area contributed by atoms with E-state index in [1.807, 2.05) is 0 Å². The third-order valence-electron chi connectivity index (χ3n) is 5.89. The Balaban J connectivity index is 1.37. The standard InChI is InChI=1S/C21H18F2N6O2/c1-28-18-16(24-6-7-25-18)13-8-21(9-13,20(28)31)26-19(30)17-15(23)11-29(27-17)10-12-4-2-3-5-14(12)22/h2-7,11,13H,8-10H2,1H3,(H,26,30). The van der Waals surface area contributed by atoms with E-state index in [1.165, 1.54) is 17.2 Å². The lowest BCUT2D eigenvalue weighted by Gasteiger charge is -2.44. The van der Waals surface area contributed by atoms with Gasteiger partial charge in [-0.1, -0.05) is 18.2 Å². The number of carbonyl (C=O) groups is 2. The number of hydrogen-bond acceptors (Lipinski definition) is 5. The molecule has 0 spiro atoms. The molecule has 2 bridgehead atoms. The van der Waals surface area contributed by atoms with Gasteiger partial charge >= 0.3 is 0 Å². The van der Waals surface area contributed by atoms with Gasteiger partial charge in [0.05, 0.1) is 18.4 Å². The zero-order valence-electron chi connectivity index (χ0n) is 16.5. The van der Waals surface area contributed by atoms with Crippen molar-refractivity contribution in [3.63, 3.8) is 0 Å². The maximum Gasteiger partial charge on any atom is 0.275 e. The second kappa shape index (κ2) is 6.93. The van der Waals surface area contributed by atoms with Crippen molar-refractivity contribution in [3.8, 4) is 0 Å². The van der Waals surface area contributed by atoms with Crippen LogP contribution in [0.25, 0.3) is 0 Å². The van der Waals surface area contributed by atoms with Gasteiger partial charge in [-0.2, -0.15) is 5.10 Å². The van der Waals surface area contributed by atoms with E-state index < -0.39 is 28.8 Å². The summed E-state index contributed by atoms with van der Waals surface area (Å²) in [5.74, 6) is -1.98. The minimum absolute atomic E-state index is 0.0265. The number of nitrogens with zero attached hydrogens (tertiary/aromatic N) is 5. The largest absolute Gasteiger partial charge is 0.336 e. The molecule has 1 fully saturated rings. The molecule has 1 saturated carbocycles. The van der Waals surface area contributed by atoms with E-state index >= 15 is 0 Å². The van der Waals surface area contributed by atoms with Crippen molar-refractivity contribution in [1.29, 1.82) is 0 Å². The van der Waals surface area contributed by atoms with Crippen LogP contribution in [-0.4, -0.2) is 44.1 Å². The third-order valence-corrected chi connectivity index (χ3v) is 5.89. The predicted molar refractivity (Wildman–Crippen MR) is 105 cm³/mol. The molecule has 2 aromatic heterocycles. The summed E-state index contributed by atoms with van der Waals surface area (Å²) in [7, 11) is 1.58. The summed E-state index contributed by atoms with van der Waals surface area (Å²) >= 11 is 0. The number of anilines is 1. The van der Waals surface area contributed by atoms with Crippen LogP contribution in [-0.2, 0) is 11.3 Å². The lowest BCUT2D eigenvalue weighted by atomic mass is 9.67. The van der Waals surface area contributed by atoms with E-state index in [0.29, 0.717) is 29.9 Å². The van der Waals surface area contributed by atoms with Crippen molar-refractivity contribution in [3.05, 3.63) is 71.4 Å². The summed E-state index contributed by atoms with van der Waals surface area (Å²) < 4.78 is 29.5. The molecule has 0 atom stereocenters. The van der Waals surface area contributed by atoms with Crippen molar-refractivity contribution in [2.45, 2.75) is 30.8 Å². The van der Waals surface area contributed by atoms with Gasteiger partial charge in [0.1, 0.15) is 11.4 Å². The fourth-order valence-corrected chi connectivity index (χ4v) is 4.32. The Kier molecular flexibility index (Phi) is 4.31. The van der Waals surface area contributed by atoms with Crippen molar-refractivity contribution < 1.29 is 18.4 Å². The SMILES string of the molecule is CN1C(=O)C2(NC(=O)c3nn(Cc4ccccc4F)cc3F)CC(C2)c2nccnc21. The molecule has 3 aliphatic rings. The van der Waals surface area contributed by atoms with E-state index in [0.717, 1.165) is 10.9 Å². The van der Waals surface area contributed by atoms with Crippen molar-refractivity contribution in [2.24, 2.45) is 0 Å². The zero-order chi connectivity index (χ0) is 21.8. The highest BCUT2D eigenvalue weighted by Gasteiger charge is 2.57. The van der Waals surface area contributed by atoms with Crippen molar-refractivity contribution >= 4 is 17.6 Å². The number of benzene rings is 1. The fraction of sp³-hybridized carbons (Fsp3) is 0.286. The summed E-state index contributed by atoms with van der Waals surface area (Å²) in [6, 6.07) is 6.07. The van der Waals surface area contributed by atoms with E-state index in [4.69, 9.17) is 0 Å². The van der Waals surface area contributed by atoms with Crippen LogP contribution in [0.1, 0.15) is 40.5 Å². The summed E-state index contributed by atoms with van der Waals surface area (Å²) in [4.78, 5) is 35.9. The van der Waals surface area contributed by atoms with Crippen LogP contribution in [0.2, 0.25) is 0 Å². The number of rotatable bonds is 4. The molecule has 3 aromatic rings. The van der Waals surface area contributed by atoms with Gasteiger partial charge in [0.2, 0.25) is 0 Å². The Labute approximate surface area is 175 Å². The van der Waals surface area contributed by atoms with Gasteiger partial charge in [0.15, 0.2) is 17.3 Å². The van der Waals surface area contributed by atoms with Crippen LogP contribution in [0, 0.1) is 11.6 Å². The summed E-state index contributed by atoms with van der Waals surface area (Å²) in [5, 5.41) is 6.67. The molecule has 31 heavy (non-hydrogen) atoms. The average Bonchev–Trinajstić information content (AvgIpc) is 3.04. The maximum absolute atomic E-state index is 14.5. The molecule has 158 valence electrons. The first-order valence-electron chi connectivity index (χ1n) is 9.76. The van der Waals surface area contributed by atoms with Gasteiger partial charge in [0.25, 0.3) is 11.8 Å². The van der Waals surface area contributed by atoms with Gasteiger partial charge in [-0.3, -0.25) is 24.2 Å². The Morgan fingerprint density at radius 1 is 1.19 bits per heavy atom. The van der Waals surface area contributed by atoms with Gasteiger partial charge in [-0.05, 0) is 18.9 Å². The van der Waals surface area contributed by atoms with E-state index in [1.54, 1.807) is 31.4 Å². The molecule has 0 saturated heterocycles. The number of amides is 2. The van der Waals surface area contributed by atoms with E-state index in [-0.39, 0.29) is 18.4 Å². The second-order valence-corrected chi connectivity index (χ2v) is 7.89. The van der Waals surface area contributed by atoms with E-state index in [2.05, 4.69) is 20.4 Å². The van der Waals surface area contributed by atoms with Gasteiger partial charge in [-0.25, -0.2) is 13.8 Å². The van der Waals surface area contributed by atoms with Crippen molar-refractivity contribution in [1.82, 2.24) is 25.1 Å². The highest BCUT2D eigenvalue weighted by molar-refractivity contribution is 6.06. The Hall–Kier alpha value is -3.69. The number of carbonyl (C=O) groups excluding carboxylic acids is 2. The monoisotopic (exact) mass is 424 g/mol. The lowest BCUT2D eigenvalue weighted by Crippen LogP contribution is -2.64. The van der Waals surface area contributed by atoms with Gasteiger partial charge in [0, 0.05) is 30.9 Å². The average molecular weight is 424 g/mol. The van der Waals surface area contributed by atoms with Gasteiger partial charge < -0.3 is 5.32 Å². The number of fused-ring (bicyclic) bond motifs is 1. The Bertz CT molecular complexity index is 1200. The molecular formula is C21H18F2N6O2. The van der Waals surface area contributed by atoms with Gasteiger partial charge in [-0.15, -0.1) is 0 Å². The number of halogens is 2. The highest BCUT2D eigenvalue weighted by atomic mass is 19.1. The molecule has 4 heterocycles. The minimum Gasteiger partial charge on any atom is -0.336 e. The summed E-state index contributed by atoms with van der Waals surface area (Å²) in [6.07, 6.45) is 4.82. The molecule has 1 aliphatic carbocycles. The first-order chi connectivity index (χ1) is 14.9. The summed E-state index contributed by atoms with van der Waals surface area (Å²) in [5.41, 5.74) is -0.583. The molecule has 0 unspecified atom stereocenters. The van der Waals surface area contributed by atoms with Crippen LogP contribution < -0.4 is 10.2 Å². The van der Waals surface area contributed by atoms with E-state index in [9.17, 15) is 18.4 Å². The molecule has 10 heteroatoms. The highest BCUT2D eigenvalue weighted by Crippen LogP contribution is 2.50. The molecule has 0 radical (unpaired) electrons. The normalized spacial score (nSPS) is 21.8. The van der Waals surface area contributed by atoms with Crippen molar-refractivity contribution in [2.75, 3.05) is 11.9 Å². The zero-order valence-corrected chi connectivity index (χ0v) is 16.5. The predicted octanol–water partition coefficient (Wildman–Crippen LogP) is 2.02.